The van der Waals surface area contributed by atoms with Gasteiger partial charge in [-0.3, -0.25) is 0 Å². The molecule has 2 aromatic rings. The van der Waals surface area contributed by atoms with Gasteiger partial charge in [-0.1, -0.05) is 35.9 Å². The van der Waals surface area contributed by atoms with Gasteiger partial charge >= 0.3 is 5.97 Å². The topological polar surface area (TPSA) is 38.3 Å². The molecule has 24 heavy (non-hydrogen) atoms. The molecule has 0 unspecified atom stereocenters. The Bertz CT molecular complexity index is 813. The molecule has 2 aromatic carbocycles. The minimum absolute atomic E-state index is 0.213. The second kappa shape index (κ2) is 5.99. The molecule has 0 saturated heterocycles. The maximum atomic E-state index is 11.6. The molecule has 1 N–H and O–H groups in total. The minimum Gasteiger partial charge on any atom is -0.465 e. The van der Waals surface area contributed by atoms with Gasteiger partial charge in [0.05, 0.1) is 18.7 Å². The summed E-state index contributed by atoms with van der Waals surface area (Å²) in [5, 5.41) is 4.43. The van der Waals surface area contributed by atoms with Crippen molar-refractivity contribution in [2.45, 2.75) is 18.4 Å². The third-order valence-electron chi connectivity index (χ3n) is 5.02. The molecule has 0 fully saturated rings. The van der Waals surface area contributed by atoms with Crippen molar-refractivity contribution in [3.63, 3.8) is 0 Å². The second-order valence-corrected chi connectivity index (χ2v) is 6.76. The molecule has 0 saturated carbocycles. The summed E-state index contributed by atoms with van der Waals surface area (Å²) in [5.74, 6) is 0.531. The number of rotatable bonds is 2. The van der Waals surface area contributed by atoms with E-state index in [2.05, 4.69) is 29.6 Å². The van der Waals surface area contributed by atoms with E-state index in [4.69, 9.17) is 16.3 Å². The van der Waals surface area contributed by atoms with Gasteiger partial charge in [-0.05, 0) is 53.8 Å². The maximum absolute atomic E-state index is 11.6. The highest BCUT2D eigenvalue weighted by molar-refractivity contribution is 6.30. The summed E-state index contributed by atoms with van der Waals surface area (Å²) >= 11 is 6.19. The molecular weight excluding hydrogens is 322 g/mol. The highest BCUT2D eigenvalue weighted by atomic mass is 35.5. The van der Waals surface area contributed by atoms with Crippen molar-refractivity contribution in [3.05, 3.63) is 76.3 Å². The van der Waals surface area contributed by atoms with Gasteiger partial charge in [-0.25, -0.2) is 4.79 Å². The zero-order valence-electron chi connectivity index (χ0n) is 13.3. The molecule has 0 spiro atoms. The number of carbonyl (C=O) groups is 1. The summed E-state index contributed by atoms with van der Waals surface area (Å²) < 4.78 is 4.77. The number of halogens is 1. The van der Waals surface area contributed by atoms with E-state index in [0.29, 0.717) is 17.4 Å². The predicted molar refractivity (Wildman–Crippen MR) is 95.6 cm³/mol. The number of ether oxygens (including phenoxy) is 1. The lowest BCUT2D eigenvalue weighted by atomic mass is 9.77. The fourth-order valence-corrected chi connectivity index (χ4v) is 4.02. The Hall–Kier alpha value is -2.26. The standard InChI is InChI=1S/C20H18ClNO2/c1-24-20(23)13-7-5-12(6-8-13)19-16-4-2-3-15(16)17-11-14(21)9-10-18(17)22-19/h2-3,5-11,15-16,19,22H,4H2,1H3/t15-,16+,19+/m0/s1. The third kappa shape index (κ3) is 2.49. The van der Waals surface area contributed by atoms with Crippen LogP contribution in [-0.2, 0) is 4.74 Å². The van der Waals surface area contributed by atoms with E-state index < -0.39 is 0 Å². The second-order valence-electron chi connectivity index (χ2n) is 6.32. The van der Waals surface area contributed by atoms with Crippen LogP contribution in [-0.4, -0.2) is 13.1 Å². The molecule has 1 heterocycles. The number of esters is 1. The van der Waals surface area contributed by atoms with Crippen LogP contribution in [0.15, 0.2) is 54.6 Å². The SMILES string of the molecule is COC(=O)c1ccc([C@H]2Nc3ccc(Cl)cc3[C@H]3C=CC[C@H]32)cc1. The molecule has 4 heteroatoms. The summed E-state index contributed by atoms with van der Waals surface area (Å²) in [7, 11) is 1.40. The van der Waals surface area contributed by atoms with Gasteiger partial charge < -0.3 is 10.1 Å². The molecule has 0 bridgehead atoms. The van der Waals surface area contributed by atoms with Crippen molar-refractivity contribution < 1.29 is 9.53 Å². The van der Waals surface area contributed by atoms with Gasteiger partial charge in [0.15, 0.2) is 0 Å². The number of allylic oxidation sites excluding steroid dienone is 2. The van der Waals surface area contributed by atoms with Gasteiger partial charge in [-0.15, -0.1) is 0 Å². The normalized spacial score (nSPS) is 24.0. The number of fused-ring (bicyclic) bond motifs is 3. The first-order valence-electron chi connectivity index (χ1n) is 8.08. The van der Waals surface area contributed by atoms with Crippen LogP contribution < -0.4 is 5.32 Å². The Morgan fingerprint density at radius 2 is 2.00 bits per heavy atom. The average Bonchev–Trinajstić information content (AvgIpc) is 3.11. The van der Waals surface area contributed by atoms with E-state index in [1.165, 1.54) is 18.2 Å². The summed E-state index contributed by atoms with van der Waals surface area (Å²) in [6, 6.07) is 13.9. The summed E-state index contributed by atoms with van der Waals surface area (Å²) in [5.41, 5.74) is 4.16. The molecule has 4 rings (SSSR count). The fourth-order valence-electron chi connectivity index (χ4n) is 3.84. The first-order valence-corrected chi connectivity index (χ1v) is 8.46. The van der Waals surface area contributed by atoms with E-state index in [0.717, 1.165) is 17.1 Å². The number of hydrogen-bond donors (Lipinski definition) is 1. The van der Waals surface area contributed by atoms with E-state index in [1.807, 2.05) is 30.3 Å². The van der Waals surface area contributed by atoms with Crippen LogP contribution in [0.2, 0.25) is 5.02 Å². The van der Waals surface area contributed by atoms with Gasteiger partial charge in [-0.2, -0.15) is 0 Å². The molecule has 0 amide bonds. The van der Waals surface area contributed by atoms with Crippen LogP contribution in [0, 0.1) is 5.92 Å². The van der Waals surface area contributed by atoms with Gasteiger partial charge in [0, 0.05) is 16.6 Å². The number of carbonyl (C=O) groups excluding carboxylic acids is 1. The van der Waals surface area contributed by atoms with E-state index in [-0.39, 0.29) is 12.0 Å². The van der Waals surface area contributed by atoms with E-state index >= 15 is 0 Å². The Morgan fingerprint density at radius 3 is 2.75 bits per heavy atom. The Labute approximate surface area is 146 Å². The Balaban J connectivity index is 1.69. The number of nitrogens with one attached hydrogen (secondary N) is 1. The molecule has 122 valence electrons. The molecule has 3 atom stereocenters. The van der Waals surface area contributed by atoms with Gasteiger partial charge in [0.25, 0.3) is 0 Å². The zero-order valence-corrected chi connectivity index (χ0v) is 14.1. The number of hydrogen-bond acceptors (Lipinski definition) is 3. The number of anilines is 1. The fraction of sp³-hybridized carbons (Fsp3) is 0.250. The Morgan fingerprint density at radius 1 is 1.21 bits per heavy atom. The molecule has 1 aliphatic carbocycles. The highest BCUT2D eigenvalue weighted by Crippen LogP contribution is 2.50. The predicted octanol–water partition coefficient (Wildman–Crippen LogP) is 4.95. The highest BCUT2D eigenvalue weighted by Gasteiger charge is 2.37. The number of benzene rings is 2. The first-order chi connectivity index (χ1) is 11.7. The van der Waals surface area contributed by atoms with Crippen LogP contribution >= 0.6 is 11.6 Å². The van der Waals surface area contributed by atoms with Crippen molar-refractivity contribution in [3.8, 4) is 0 Å². The summed E-state index contributed by atoms with van der Waals surface area (Å²) in [6.45, 7) is 0. The van der Waals surface area contributed by atoms with Crippen LogP contribution in [0.25, 0.3) is 0 Å². The van der Waals surface area contributed by atoms with Gasteiger partial charge in [0.2, 0.25) is 0 Å². The molecule has 1 aliphatic heterocycles. The quantitative estimate of drug-likeness (QED) is 0.621. The zero-order chi connectivity index (χ0) is 16.7. The van der Waals surface area contributed by atoms with Crippen molar-refractivity contribution in [2.75, 3.05) is 12.4 Å². The van der Waals surface area contributed by atoms with Crippen molar-refractivity contribution in [1.82, 2.24) is 0 Å². The monoisotopic (exact) mass is 339 g/mol. The maximum Gasteiger partial charge on any atom is 0.337 e. The van der Waals surface area contributed by atoms with E-state index in [9.17, 15) is 4.79 Å². The van der Waals surface area contributed by atoms with Crippen LogP contribution in [0.5, 0.6) is 0 Å². The first kappa shape index (κ1) is 15.3. The van der Waals surface area contributed by atoms with E-state index in [1.54, 1.807) is 0 Å². The number of methoxy groups -OCH3 is 1. The average molecular weight is 340 g/mol. The van der Waals surface area contributed by atoms with Crippen LogP contribution in [0.3, 0.4) is 0 Å². The lowest BCUT2D eigenvalue weighted by Crippen LogP contribution is -2.29. The van der Waals surface area contributed by atoms with Crippen LogP contribution in [0.4, 0.5) is 5.69 Å². The van der Waals surface area contributed by atoms with Crippen LogP contribution in [0.1, 0.15) is 39.9 Å². The van der Waals surface area contributed by atoms with Crippen molar-refractivity contribution >= 4 is 23.3 Å². The largest absolute Gasteiger partial charge is 0.465 e. The third-order valence-corrected chi connectivity index (χ3v) is 5.25. The lowest BCUT2D eigenvalue weighted by molar-refractivity contribution is 0.0600. The molecule has 0 aromatic heterocycles. The molecule has 0 radical (unpaired) electrons. The molecular formula is C20H18ClNO2. The van der Waals surface area contributed by atoms with Crippen molar-refractivity contribution in [1.29, 1.82) is 0 Å². The van der Waals surface area contributed by atoms with Gasteiger partial charge in [0.1, 0.15) is 0 Å². The molecule has 3 nitrogen and oxygen atoms in total. The molecule has 2 aliphatic rings. The smallest absolute Gasteiger partial charge is 0.337 e. The lowest BCUT2D eigenvalue weighted by Gasteiger charge is -2.37. The minimum atomic E-state index is -0.307. The summed E-state index contributed by atoms with van der Waals surface area (Å²) in [4.78, 5) is 11.6. The van der Waals surface area contributed by atoms with Crippen molar-refractivity contribution in [2.24, 2.45) is 5.92 Å². The Kier molecular flexibility index (Phi) is 3.81. The summed E-state index contributed by atoms with van der Waals surface area (Å²) in [6.07, 6.45) is 5.58.